The van der Waals surface area contributed by atoms with Crippen LogP contribution in [0.15, 0.2) is 16.6 Å². The van der Waals surface area contributed by atoms with Gasteiger partial charge in [-0.25, -0.2) is 4.39 Å². The van der Waals surface area contributed by atoms with Crippen LogP contribution in [0.1, 0.15) is 18.0 Å². The molecule has 0 aliphatic carbocycles. The van der Waals surface area contributed by atoms with Crippen molar-refractivity contribution in [3.63, 3.8) is 0 Å². The van der Waals surface area contributed by atoms with E-state index in [1.165, 1.54) is 6.07 Å². The van der Waals surface area contributed by atoms with Gasteiger partial charge in [-0.2, -0.15) is 0 Å². The average molecular weight is 323 g/mol. The van der Waals surface area contributed by atoms with Crippen LogP contribution in [0.5, 0.6) is 0 Å². The molecule has 92 valence electrons. The molecule has 2 unspecified atom stereocenters. The largest absolute Gasteiger partial charge is 0.481 e. The van der Waals surface area contributed by atoms with Gasteiger partial charge in [0.05, 0.1) is 15.4 Å². The summed E-state index contributed by atoms with van der Waals surface area (Å²) >= 11 is 8.90. The maximum Gasteiger partial charge on any atom is 0.307 e. The van der Waals surface area contributed by atoms with E-state index in [2.05, 4.69) is 21.2 Å². The molecular weight excluding hydrogens is 312 g/mol. The number of benzene rings is 1. The Hall–Kier alpha value is -0.650. The number of carboxylic acids is 1. The van der Waals surface area contributed by atoms with Crippen molar-refractivity contribution in [3.05, 3.63) is 33.0 Å². The highest BCUT2D eigenvalue weighted by atomic mass is 79.9. The summed E-state index contributed by atoms with van der Waals surface area (Å²) in [5.74, 6) is -1.69. The van der Waals surface area contributed by atoms with Gasteiger partial charge in [-0.3, -0.25) is 4.79 Å². The molecule has 2 rings (SSSR count). The van der Waals surface area contributed by atoms with Gasteiger partial charge in [0.25, 0.3) is 0 Å². The molecule has 1 fully saturated rings. The van der Waals surface area contributed by atoms with Gasteiger partial charge in [-0.15, -0.1) is 0 Å². The molecule has 1 saturated heterocycles. The van der Waals surface area contributed by atoms with E-state index in [1.54, 1.807) is 6.07 Å². The molecule has 0 amide bonds. The van der Waals surface area contributed by atoms with Crippen molar-refractivity contribution in [2.45, 2.75) is 12.5 Å². The highest BCUT2D eigenvalue weighted by molar-refractivity contribution is 9.10. The Bertz CT molecular complexity index is 446. The fourth-order valence-electron chi connectivity index (χ4n) is 1.95. The Morgan fingerprint density at radius 2 is 2.29 bits per heavy atom. The second kappa shape index (κ2) is 4.92. The van der Waals surface area contributed by atoms with Gasteiger partial charge in [-0.05, 0) is 40.0 Å². The Kier molecular flexibility index (Phi) is 3.70. The predicted molar refractivity (Wildman–Crippen MR) is 65.6 cm³/mol. The van der Waals surface area contributed by atoms with Crippen molar-refractivity contribution in [2.24, 2.45) is 5.92 Å². The van der Waals surface area contributed by atoms with Gasteiger partial charge in [0.2, 0.25) is 0 Å². The standard InChI is InChI=1S/C11H10BrClFNO2/c12-10-7(13)1-5(2-8(10)14)9-3-6(4-15-9)11(16)17/h1-2,6,9,15H,3-4H2,(H,16,17). The van der Waals surface area contributed by atoms with Crippen molar-refractivity contribution in [3.8, 4) is 0 Å². The molecule has 1 aromatic carbocycles. The SMILES string of the molecule is O=C(O)C1CNC(c2cc(F)c(Br)c(Cl)c2)C1. The fraction of sp³-hybridized carbons (Fsp3) is 0.364. The fourth-order valence-corrected chi connectivity index (χ4v) is 2.40. The van der Waals surface area contributed by atoms with Gasteiger partial charge in [0, 0.05) is 12.6 Å². The lowest BCUT2D eigenvalue weighted by Gasteiger charge is -2.12. The van der Waals surface area contributed by atoms with E-state index in [0.717, 1.165) is 0 Å². The van der Waals surface area contributed by atoms with Crippen LogP contribution in [-0.2, 0) is 4.79 Å². The van der Waals surface area contributed by atoms with Crippen LogP contribution in [0, 0.1) is 11.7 Å². The van der Waals surface area contributed by atoms with E-state index in [0.29, 0.717) is 23.6 Å². The molecule has 2 atom stereocenters. The quantitative estimate of drug-likeness (QED) is 0.823. The zero-order valence-electron chi connectivity index (χ0n) is 8.71. The Morgan fingerprint density at radius 3 is 2.82 bits per heavy atom. The van der Waals surface area contributed by atoms with E-state index in [1.807, 2.05) is 0 Å². The predicted octanol–water partition coefficient (Wildman–Crippen LogP) is 2.98. The van der Waals surface area contributed by atoms with Crippen molar-refractivity contribution in [1.82, 2.24) is 5.32 Å². The van der Waals surface area contributed by atoms with Crippen molar-refractivity contribution >= 4 is 33.5 Å². The van der Waals surface area contributed by atoms with Crippen LogP contribution < -0.4 is 5.32 Å². The monoisotopic (exact) mass is 321 g/mol. The average Bonchev–Trinajstić information content (AvgIpc) is 2.74. The summed E-state index contributed by atoms with van der Waals surface area (Å²) in [7, 11) is 0. The molecule has 0 spiro atoms. The number of hydrogen-bond donors (Lipinski definition) is 2. The van der Waals surface area contributed by atoms with Gasteiger partial charge >= 0.3 is 5.97 Å². The first-order valence-electron chi connectivity index (χ1n) is 5.09. The number of carbonyl (C=O) groups is 1. The lowest BCUT2D eigenvalue weighted by molar-refractivity contribution is -0.141. The van der Waals surface area contributed by atoms with Crippen LogP contribution in [-0.4, -0.2) is 17.6 Å². The summed E-state index contributed by atoms with van der Waals surface area (Å²) in [6.07, 6.45) is 0.451. The minimum Gasteiger partial charge on any atom is -0.481 e. The summed E-state index contributed by atoms with van der Waals surface area (Å²) in [5, 5.41) is 12.2. The molecule has 1 aliphatic rings. The second-order valence-electron chi connectivity index (χ2n) is 4.03. The zero-order chi connectivity index (χ0) is 12.6. The molecule has 0 saturated carbocycles. The maximum absolute atomic E-state index is 13.5. The lowest BCUT2D eigenvalue weighted by Crippen LogP contribution is -2.17. The van der Waals surface area contributed by atoms with Crippen molar-refractivity contribution in [1.29, 1.82) is 0 Å². The van der Waals surface area contributed by atoms with Crippen LogP contribution in [0.4, 0.5) is 4.39 Å². The topological polar surface area (TPSA) is 49.3 Å². The number of hydrogen-bond acceptors (Lipinski definition) is 2. The van der Waals surface area contributed by atoms with E-state index < -0.39 is 17.7 Å². The number of halogens is 3. The third kappa shape index (κ3) is 2.61. The number of carboxylic acid groups (broad SMARTS) is 1. The molecular formula is C11H10BrClFNO2. The third-order valence-corrected chi connectivity index (χ3v) is 4.22. The van der Waals surface area contributed by atoms with Crippen molar-refractivity contribution in [2.75, 3.05) is 6.54 Å². The number of rotatable bonds is 2. The normalized spacial score (nSPS) is 23.9. The maximum atomic E-state index is 13.5. The van der Waals surface area contributed by atoms with E-state index in [4.69, 9.17) is 16.7 Å². The first kappa shape index (κ1) is 12.8. The summed E-state index contributed by atoms with van der Waals surface area (Å²) in [6, 6.07) is 2.87. The van der Waals surface area contributed by atoms with Crippen molar-refractivity contribution < 1.29 is 14.3 Å². The minimum atomic E-state index is -0.830. The molecule has 0 aromatic heterocycles. The molecule has 6 heteroatoms. The van der Waals surface area contributed by atoms with E-state index in [-0.39, 0.29) is 10.5 Å². The molecule has 2 N–H and O–H groups in total. The van der Waals surface area contributed by atoms with Gasteiger partial charge in [0.15, 0.2) is 0 Å². The van der Waals surface area contributed by atoms with Crippen LogP contribution >= 0.6 is 27.5 Å². The summed E-state index contributed by atoms with van der Waals surface area (Å²) in [4.78, 5) is 10.8. The Balaban J connectivity index is 2.22. The summed E-state index contributed by atoms with van der Waals surface area (Å²) < 4.78 is 13.7. The molecule has 1 aromatic rings. The highest BCUT2D eigenvalue weighted by Crippen LogP contribution is 2.33. The first-order chi connectivity index (χ1) is 7.99. The molecule has 17 heavy (non-hydrogen) atoms. The molecule has 1 aliphatic heterocycles. The highest BCUT2D eigenvalue weighted by Gasteiger charge is 2.30. The molecule has 1 heterocycles. The lowest BCUT2D eigenvalue weighted by atomic mass is 10.0. The molecule has 0 bridgehead atoms. The van der Waals surface area contributed by atoms with Gasteiger partial charge in [0.1, 0.15) is 5.82 Å². The summed E-state index contributed by atoms with van der Waals surface area (Å²) in [5.41, 5.74) is 0.680. The zero-order valence-corrected chi connectivity index (χ0v) is 11.1. The van der Waals surface area contributed by atoms with Crippen LogP contribution in [0.3, 0.4) is 0 Å². The minimum absolute atomic E-state index is 0.156. The van der Waals surface area contributed by atoms with E-state index >= 15 is 0 Å². The van der Waals surface area contributed by atoms with Gasteiger partial charge < -0.3 is 10.4 Å². The first-order valence-corrected chi connectivity index (χ1v) is 6.26. The summed E-state index contributed by atoms with van der Waals surface area (Å²) in [6.45, 7) is 0.398. The van der Waals surface area contributed by atoms with Crippen LogP contribution in [0.2, 0.25) is 5.02 Å². The van der Waals surface area contributed by atoms with Gasteiger partial charge in [-0.1, -0.05) is 11.6 Å². The Morgan fingerprint density at radius 1 is 1.59 bits per heavy atom. The Labute approximate surface area is 111 Å². The molecule has 3 nitrogen and oxygen atoms in total. The number of aliphatic carboxylic acids is 1. The number of nitrogens with one attached hydrogen (secondary N) is 1. The second-order valence-corrected chi connectivity index (χ2v) is 5.23. The third-order valence-electron chi connectivity index (χ3n) is 2.89. The van der Waals surface area contributed by atoms with E-state index in [9.17, 15) is 9.18 Å². The smallest absolute Gasteiger partial charge is 0.307 e. The molecule has 0 radical (unpaired) electrons. The van der Waals surface area contributed by atoms with Crippen LogP contribution in [0.25, 0.3) is 0 Å².